The Bertz CT molecular complexity index is 662. The van der Waals surface area contributed by atoms with Crippen LogP contribution in [0, 0.1) is 0 Å². The monoisotopic (exact) mass is 433 g/mol. The van der Waals surface area contributed by atoms with Gasteiger partial charge in [0.25, 0.3) is 0 Å². The summed E-state index contributed by atoms with van der Waals surface area (Å²) in [6.07, 6.45) is 1.14. The molecule has 2 rings (SSSR count). The molecule has 1 heterocycles. The highest BCUT2D eigenvalue weighted by Gasteiger charge is 2.22. The van der Waals surface area contributed by atoms with Gasteiger partial charge in [-0.15, -0.1) is 0 Å². The minimum Gasteiger partial charge on any atom is -0.355 e. The average molecular weight is 434 g/mol. The van der Waals surface area contributed by atoms with Gasteiger partial charge >= 0.3 is 0 Å². The van der Waals surface area contributed by atoms with Crippen LogP contribution >= 0.6 is 27.7 Å². The molecule has 5 nitrogen and oxygen atoms in total. The average Bonchev–Trinajstić information content (AvgIpc) is 2.59. The number of rotatable bonds is 5. The van der Waals surface area contributed by atoms with Crippen LogP contribution in [0.4, 0.5) is 0 Å². The van der Waals surface area contributed by atoms with Gasteiger partial charge in [0.05, 0.1) is 10.6 Å². The lowest BCUT2D eigenvalue weighted by molar-refractivity contribution is 0.409. The quantitative estimate of drug-likeness (QED) is 0.570. The fourth-order valence-corrected chi connectivity index (χ4v) is 5.15. The standard InChI is InChI=1S/C16H24BrN3O2S2/c1-3-14-12-20(9-10-23-14)16(18-2)19-8-11-24(21,22)15-6-4-13(17)5-7-15/h4-7,14H,3,8-12H2,1-2H3,(H,18,19). The fraction of sp³-hybridized carbons (Fsp3) is 0.562. The Morgan fingerprint density at radius 3 is 2.75 bits per heavy atom. The molecule has 0 radical (unpaired) electrons. The SMILES string of the molecule is CCC1CN(C(=NC)NCCS(=O)(=O)c2ccc(Br)cc2)CCS1. The summed E-state index contributed by atoms with van der Waals surface area (Å²) < 4.78 is 25.6. The number of guanidine groups is 1. The zero-order valence-corrected chi connectivity index (χ0v) is 17.3. The Kier molecular flexibility index (Phi) is 7.43. The molecule has 1 N–H and O–H groups in total. The highest BCUT2D eigenvalue weighted by atomic mass is 79.9. The molecule has 1 aromatic carbocycles. The van der Waals surface area contributed by atoms with Gasteiger partial charge in [0, 0.05) is 42.2 Å². The van der Waals surface area contributed by atoms with E-state index >= 15 is 0 Å². The maximum atomic E-state index is 12.4. The summed E-state index contributed by atoms with van der Waals surface area (Å²) in [4.78, 5) is 6.87. The first-order valence-corrected chi connectivity index (χ1v) is 11.5. The molecular weight excluding hydrogens is 410 g/mol. The molecule has 1 saturated heterocycles. The number of sulfone groups is 1. The van der Waals surface area contributed by atoms with Crippen LogP contribution in [-0.2, 0) is 9.84 Å². The third-order valence-electron chi connectivity index (χ3n) is 3.93. The fourth-order valence-electron chi connectivity index (χ4n) is 2.55. The molecule has 8 heteroatoms. The van der Waals surface area contributed by atoms with E-state index in [-0.39, 0.29) is 5.75 Å². The number of benzene rings is 1. The van der Waals surface area contributed by atoms with E-state index in [0.717, 1.165) is 35.7 Å². The van der Waals surface area contributed by atoms with Crippen LogP contribution in [0.15, 0.2) is 38.6 Å². The third kappa shape index (κ3) is 5.39. The molecule has 0 aromatic heterocycles. The van der Waals surface area contributed by atoms with Crippen molar-refractivity contribution in [1.82, 2.24) is 10.2 Å². The minimum atomic E-state index is -3.29. The molecule has 0 aliphatic carbocycles. The Labute approximate surface area is 157 Å². The van der Waals surface area contributed by atoms with Gasteiger partial charge in [0.1, 0.15) is 0 Å². The number of halogens is 1. The highest BCUT2D eigenvalue weighted by Crippen LogP contribution is 2.21. The Morgan fingerprint density at radius 1 is 1.42 bits per heavy atom. The zero-order valence-electron chi connectivity index (χ0n) is 14.0. The van der Waals surface area contributed by atoms with Gasteiger partial charge < -0.3 is 10.2 Å². The molecule has 1 atom stereocenters. The van der Waals surface area contributed by atoms with Crippen LogP contribution in [0.5, 0.6) is 0 Å². The first kappa shape index (κ1) is 19.6. The number of nitrogens with zero attached hydrogens (tertiary/aromatic N) is 2. The molecule has 0 spiro atoms. The van der Waals surface area contributed by atoms with Crippen molar-refractivity contribution >= 4 is 43.5 Å². The zero-order chi connectivity index (χ0) is 17.6. The molecule has 1 unspecified atom stereocenters. The lowest BCUT2D eigenvalue weighted by Gasteiger charge is -2.34. The Balaban J connectivity index is 1.90. The van der Waals surface area contributed by atoms with Gasteiger partial charge in [-0.1, -0.05) is 22.9 Å². The van der Waals surface area contributed by atoms with E-state index in [0.29, 0.717) is 16.7 Å². The van der Waals surface area contributed by atoms with Crippen LogP contribution in [-0.4, -0.2) is 62.7 Å². The Morgan fingerprint density at radius 2 is 2.12 bits per heavy atom. The summed E-state index contributed by atoms with van der Waals surface area (Å²) in [5, 5.41) is 3.81. The second-order valence-corrected chi connectivity index (χ2v) is 10.0. The van der Waals surface area contributed by atoms with Crippen molar-refractivity contribution in [3.8, 4) is 0 Å². The number of thioether (sulfide) groups is 1. The van der Waals surface area contributed by atoms with Crippen molar-refractivity contribution in [1.29, 1.82) is 0 Å². The van der Waals surface area contributed by atoms with E-state index in [1.165, 1.54) is 0 Å². The van der Waals surface area contributed by atoms with Crippen LogP contribution in [0.2, 0.25) is 0 Å². The summed E-state index contributed by atoms with van der Waals surface area (Å²) in [5.41, 5.74) is 0. The van der Waals surface area contributed by atoms with Crippen molar-refractivity contribution < 1.29 is 8.42 Å². The molecule has 24 heavy (non-hydrogen) atoms. The number of hydrogen-bond acceptors (Lipinski definition) is 4. The van der Waals surface area contributed by atoms with Crippen LogP contribution < -0.4 is 5.32 Å². The van der Waals surface area contributed by atoms with Crippen molar-refractivity contribution in [2.75, 3.05) is 38.2 Å². The highest BCUT2D eigenvalue weighted by molar-refractivity contribution is 9.10. The molecule has 0 amide bonds. The smallest absolute Gasteiger partial charge is 0.193 e. The van der Waals surface area contributed by atoms with E-state index in [4.69, 9.17) is 0 Å². The van der Waals surface area contributed by atoms with E-state index in [1.807, 2.05) is 11.8 Å². The van der Waals surface area contributed by atoms with Gasteiger partial charge in [0.15, 0.2) is 15.8 Å². The van der Waals surface area contributed by atoms with Crippen molar-refractivity contribution in [3.63, 3.8) is 0 Å². The molecule has 1 aromatic rings. The summed E-state index contributed by atoms with van der Waals surface area (Å²) in [6, 6.07) is 6.74. The van der Waals surface area contributed by atoms with Gasteiger partial charge in [-0.2, -0.15) is 11.8 Å². The summed E-state index contributed by atoms with van der Waals surface area (Å²) >= 11 is 5.32. The topological polar surface area (TPSA) is 61.8 Å². The molecule has 134 valence electrons. The molecule has 1 aliphatic rings. The normalized spacial score (nSPS) is 19.4. The van der Waals surface area contributed by atoms with Crippen molar-refractivity contribution in [3.05, 3.63) is 28.7 Å². The third-order valence-corrected chi connectivity index (χ3v) is 7.56. The van der Waals surface area contributed by atoms with Crippen molar-refractivity contribution in [2.24, 2.45) is 4.99 Å². The second kappa shape index (κ2) is 9.10. The van der Waals surface area contributed by atoms with Crippen molar-refractivity contribution in [2.45, 2.75) is 23.5 Å². The lowest BCUT2D eigenvalue weighted by Crippen LogP contribution is -2.48. The van der Waals surface area contributed by atoms with Gasteiger partial charge in [-0.25, -0.2) is 8.42 Å². The predicted molar refractivity (Wildman–Crippen MR) is 106 cm³/mol. The summed E-state index contributed by atoms with van der Waals surface area (Å²) in [7, 11) is -1.54. The molecule has 1 aliphatic heterocycles. The first-order valence-electron chi connectivity index (χ1n) is 8.01. The number of nitrogens with one attached hydrogen (secondary N) is 1. The maximum Gasteiger partial charge on any atom is 0.193 e. The van der Waals surface area contributed by atoms with Gasteiger partial charge in [-0.05, 0) is 30.7 Å². The number of aliphatic imine (C=N–C) groups is 1. The molecule has 0 saturated carbocycles. The van der Waals surface area contributed by atoms with E-state index < -0.39 is 9.84 Å². The van der Waals surface area contributed by atoms with E-state index in [9.17, 15) is 8.42 Å². The molecule has 1 fully saturated rings. The van der Waals surface area contributed by atoms with Crippen LogP contribution in [0.3, 0.4) is 0 Å². The van der Waals surface area contributed by atoms with Crippen LogP contribution in [0.25, 0.3) is 0 Å². The number of hydrogen-bond donors (Lipinski definition) is 1. The van der Waals surface area contributed by atoms with Gasteiger partial charge in [0.2, 0.25) is 0 Å². The molecule has 0 bridgehead atoms. The van der Waals surface area contributed by atoms with E-state index in [1.54, 1.807) is 31.3 Å². The Hall–Kier alpha value is -0.730. The second-order valence-electron chi connectivity index (χ2n) is 5.59. The summed E-state index contributed by atoms with van der Waals surface area (Å²) in [5.74, 6) is 1.92. The van der Waals surface area contributed by atoms with E-state index in [2.05, 4.69) is 38.1 Å². The maximum absolute atomic E-state index is 12.4. The minimum absolute atomic E-state index is 0.0491. The largest absolute Gasteiger partial charge is 0.355 e. The van der Waals surface area contributed by atoms with Gasteiger partial charge in [-0.3, -0.25) is 4.99 Å². The predicted octanol–water partition coefficient (Wildman–Crippen LogP) is 2.63. The first-order chi connectivity index (χ1) is 11.5. The summed E-state index contributed by atoms with van der Waals surface area (Å²) in [6.45, 7) is 4.45. The lowest BCUT2D eigenvalue weighted by atomic mass is 10.3. The van der Waals surface area contributed by atoms with Crippen LogP contribution in [0.1, 0.15) is 13.3 Å². The molecular formula is C16H24BrN3O2S2.